The Hall–Kier alpha value is -4.13. The molecule has 7 heteroatoms. The molecule has 154 valence electrons. The van der Waals surface area contributed by atoms with Crippen LogP contribution in [0.3, 0.4) is 0 Å². The van der Waals surface area contributed by atoms with Crippen LogP contribution >= 0.6 is 0 Å². The number of nitrogens with zero attached hydrogens (tertiary/aromatic N) is 4. The largest absolute Gasteiger partial charge is 0.494 e. The molecule has 7 nitrogen and oxygen atoms in total. The van der Waals surface area contributed by atoms with Crippen molar-refractivity contribution in [3.63, 3.8) is 0 Å². The Kier molecular flexibility index (Phi) is 5.06. The summed E-state index contributed by atoms with van der Waals surface area (Å²) in [5.41, 5.74) is 3.48. The van der Waals surface area contributed by atoms with Crippen molar-refractivity contribution in [2.45, 2.75) is 12.8 Å². The van der Waals surface area contributed by atoms with E-state index in [0.29, 0.717) is 40.1 Å². The molecular formula is C24H20N4O3. The molecule has 0 aliphatic rings. The van der Waals surface area contributed by atoms with Gasteiger partial charge in [0.1, 0.15) is 22.4 Å². The molecule has 0 saturated heterocycles. The molecule has 5 aromatic rings. The Balaban J connectivity index is 1.38. The SMILES string of the molecule is ON=c1cc(-c2cc3cccn3cn2)oc2ccc(OCCCc3ccncc3)cc12. The summed E-state index contributed by atoms with van der Waals surface area (Å²) in [5.74, 6) is 1.22. The second-order valence-corrected chi connectivity index (χ2v) is 7.18. The molecule has 5 rings (SSSR count). The van der Waals surface area contributed by atoms with Crippen LogP contribution in [0.15, 0.2) is 89.1 Å². The molecule has 0 radical (unpaired) electrons. The van der Waals surface area contributed by atoms with Crippen LogP contribution in [-0.4, -0.2) is 26.2 Å². The number of fused-ring (bicyclic) bond motifs is 2. The topological polar surface area (TPSA) is 85.2 Å². The minimum atomic E-state index is 0.399. The van der Waals surface area contributed by atoms with Crippen LogP contribution in [0.2, 0.25) is 0 Å². The summed E-state index contributed by atoms with van der Waals surface area (Å²) < 4.78 is 13.9. The summed E-state index contributed by atoms with van der Waals surface area (Å²) in [6.45, 7) is 0.579. The van der Waals surface area contributed by atoms with Gasteiger partial charge >= 0.3 is 0 Å². The van der Waals surface area contributed by atoms with Gasteiger partial charge in [0, 0.05) is 30.2 Å². The predicted octanol–water partition coefficient (Wildman–Crippen LogP) is 4.44. The first-order valence-corrected chi connectivity index (χ1v) is 10.0. The molecule has 0 unspecified atom stereocenters. The van der Waals surface area contributed by atoms with Gasteiger partial charge in [-0.15, -0.1) is 0 Å². The number of benzene rings is 1. The highest BCUT2D eigenvalue weighted by molar-refractivity contribution is 5.80. The fourth-order valence-electron chi connectivity index (χ4n) is 3.53. The van der Waals surface area contributed by atoms with E-state index < -0.39 is 0 Å². The summed E-state index contributed by atoms with van der Waals surface area (Å²) in [4.78, 5) is 8.47. The van der Waals surface area contributed by atoms with Crippen molar-refractivity contribution in [1.82, 2.24) is 14.4 Å². The van der Waals surface area contributed by atoms with E-state index in [1.54, 1.807) is 24.8 Å². The van der Waals surface area contributed by atoms with Gasteiger partial charge in [0.05, 0.1) is 18.3 Å². The van der Waals surface area contributed by atoms with Gasteiger partial charge in [-0.3, -0.25) is 4.98 Å². The lowest BCUT2D eigenvalue weighted by atomic mass is 10.1. The summed E-state index contributed by atoms with van der Waals surface area (Å²) in [6.07, 6.45) is 9.05. The first-order valence-electron chi connectivity index (χ1n) is 10.0. The Morgan fingerprint density at radius 1 is 1.06 bits per heavy atom. The molecular weight excluding hydrogens is 392 g/mol. The van der Waals surface area contributed by atoms with Crippen molar-refractivity contribution in [3.05, 3.63) is 90.4 Å². The fourth-order valence-corrected chi connectivity index (χ4v) is 3.53. The van der Waals surface area contributed by atoms with Gasteiger partial charge in [-0.1, -0.05) is 5.16 Å². The zero-order valence-corrected chi connectivity index (χ0v) is 16.7. The summed E-state index contributed by atoms with van der Waals surface area (Å²) in [7, 11) is 0. The summed E-state index contributed by atoms with van der Waals surface area (Å²) >= 11 is 0. The third-order valence-electron chi connectivity index (χ3n) is 5.12. The van der Waals surface area contributed by atoms with Crippen LogP contribution in [0.25, 0.3) is 27.9 Å². The molecule has 0 atom stereocenters. The van der Waals surface area contributed by atoms with Crippen molar-refractivity contribution in [1.29, 1.82) is 0 Å². The average Bonchev–Trinajstić information content (AvgIpc) is 3.30. The van der Waals surface area contributed by atoms with Crippen LogP contribution in [0.4, 0.5) is 0 Å². The Labute approximate surface area is 177 Å². The van der Waals surface area contributed by atoms with E-state index in [-0.39, 0.29) is 0 Å². The summed E-state index contributed by atoms with van der Waals surface area (Å²) in [5, 5.41) is 14.1. The zero-order chi connectivity index (χ0) is 21.0. The molecule has 1 N–H and O–H groups in total. The van der Waals surface area contributed by atoms with Gasteiger partial charge < -0.3 is 18.8 Å². The van der Waals surface area contributed by atoms with Crippen LogP contribution in [0.1, 0.15) is 12.0 Å². The maximum absolute atomic E-state index is 9.59. The standard InChI is InChI=1S/C24H20N4O3/c29-27-21-15-24(22-13-18-4-1-11-28(18)16-26-22)31-23-6-5-19(14-20(21)23)30-12-2-3-17-7-9-25-10-8-17/h1,4-11,13-16,29H,2-3,12H2. The molecule has 1 aromatic carbocycles. The number of rotatable bonds is 6. The zero-order valence-electron chi connectivity index (χ0n) is 16.7. The maximum atomic E-state index is 9.59. The smallest absolute Gasteiger partial charge is 0.155 e. The third kappa shape index (κ3) is 3.98. The molecule has 31 heavy (non-hydrogen) atoms. The van der Waals surface area contributed by atoms with E-state index in [9.17, 15) is 5.21 Å². The molecule has 4 aromatic heterocycles. The molecule has 0 spiro atoms. The fraction of sp³-hybridized carbons (Fsp3) is 0.125. The van der Waals surface area contributed by atoms with Gasteiger partial charge in [0.15, 0.2) is 5.76 Å². The Morgan fingerprint density at radius 2 is 1.97 bits per heavy atom. The van der Waals surface area contributed by atoms with E-state index in [1.807, 2.05) is 59.1 Å². The molecule has 0 bridgehead atoms. The van der Waals surface area contributed by atoms with E-state index in [0.717, 1.165) is 18.4 Å². The van der Waals surface area contributed by atoms with Gasteiger partial charge in [-0.05, 0) is 66.9 Å². The first-order chi connectivity index (χ1) is 15.3. The lowest BCUT2D eigenvalue weighted by Crippen LogP contribution is -2.05. The van der Waals surface area contributed by atoms with Gasteiger partial charge in [-0.25, -0.2) is 4.98 Å². The third-order valence-corrected chi connectivity index (χ3v) is 5.12. The predicted molar refractivity (Wildman–Crippen MR) is 116 cm³/mol. The second-order valence-electron chi connectivity index (χ2n) is 7.18. The normalized spacial score (nSPS) is 11.9. The Bertz CT molecular complexity index is 1410. The van der Waals surface area contributed by atoms with Crippen LogP contribution < -0.4 is 10.1 Å². The van der Waals surface area contributed by atoms with Crippen LogP contribution in [-0.2, 0) is 6.42 Å². The number of ether oxygens (including phenoxy) is 1. The molecule has 0 fully saturated rings. The van der Waals surface area contributed by atoms with E-state index in [4.69, 9.17) is 9.15 Å². The highest BCUT2D eigenvalue weighted by Gasteiger charge is 2.10. The van der Waals surface area contributed by atoms with Crippen LogP contribution in [0, 0.1) is 0 Å². The number of hydrogen-bond acceptors (Lipinski definition) is 6. The Morgan fingerprint density at radius 3 is 2.84 bits per heavy atom. The minimum Gasteiger partial charge on any atom is -0.494 e. The highest BCUT2D eigenvalue weighted by Crippen LogP contribution is 2.24. The van der Waals surface area contributed by atoms with E-state index in [2.05, 4.69) is 15.1 Å². The molecule has 4 heterocycles. The second kappa shape index (κ2) is 8.31. The first kappa shape index (κ1) is 18.9. The lowest BCUT2D eigenvalue weighted by molar-refractivity contribution is 0.302. The van der Waals surface area contributed by atoms with E-state index >= 15 is 0 Å². The van der Waals surface area contributed by atoms with Crippen molar-refractivity contribution >= 4 is 16.5 Å². The average molecular weight is 412 g/mol. The van der Waals surface area contributed by atoms with Gasteiger partial charge in [0.2, 0.25) is 0 Å². The number of hydrogen-bond donors (Lipinski definition) is 1. The van der Waals surface area contributed by atoms with Crippen molar-refractivity contribution in [2.75, 3.05) is 6.61 Å². The molecule has 0 aliphatic heterocycles. The lowest BCUT2D eigenvalue weighted by Gasteiger charge is -2.08. The summed E-state index contributed by atoms with van der Waals surface area (Å²) in [6, 6.07) is 17.1. The number of pyridine rings is 1. The van der Waals surface area contributed by atoms with Gasteiger partial charge in [-0.2, -0.15) is 0 Å². The van der Waals surface area contributed by atoms with Crippen molar-refractivity contribution in [2.24, 2.45) is 5.16 Å². The highest BCUT2D eigenvalue weighted by atomic mass is 16.5. The van der Waals surface area contributed by atoms with Crippen molar-refractivity contribution < 1.29 is 14.4 Å². The van der Waals surface area contributed by atoms with Gasteiger partial charge in [0.25, 0.3) is 0 Å². The van der Waals surface area contributed by atoms with Crippen LogP contribution in [0.5, 0.6) is 5.75 Å². The quantitative estimate of drug-likeness (QED) is 0.253. The number of aromatic nitrogens is 3. The maximum Gasteiger partial charge on any atom is 0.155 e. The molecule has 0 saturated carbocycles. The van der Waals surface area contributed by atoms with E-state index in [1.165, 1.54) is 5.56 Å². The number of aryl methyl sites for hydroxylation is 1. The minimum absolute atomic E-state index is 0.399. The van der Waals surface area contributed by atoms with Crippen molar-refractivity contribution in [3.8, 4) is 17.2 Å². The monoisotopic (exact) mass is 412 g/mol. The molecule has 0 aliphatic carbocycles. The molecule has 0 amide bonds.